The molecule has 4 nitrogen and oxygen atoms in total. The maximum absolute atomic E-state index is 11.2. The van der Waals surface area contributed by atoms with Crippen molar-refractivity contribution in [1.82, 2.24) is 10.2 Å². The number of nitrogens with zero attached hydrogens (tertiary/aromatic N) is 1. The highest BCUT2D eigenvalue weighted by molar-refractivity contribution is 8.00. The maximum atomic E-state index is 11.2. The first kappa shape index (κ1) is 18.1. The number of para-hydroxylation sites is 2. The molecule has 0 saturated carbocycles. The van der Waals surface area contributed by atoms with Crippen molar-refractivity contribution in [2.45, 2.75) is 37.8 Å². The van der Waals surface area contributed by atoms with Crippen molar-refractivity contribution in [2.75, 3.05) is 5.32 Å². The molecule has 3 aromatic rings. The highest BCUT2D eigenvalue weighted by Crippen LogP contribution is 2.34. The number of carbonyl (C=O) groups excluding carboxylic acids is 1. The van der Waals surface area contributed by atoms with E-state index in [9.17, 15) is 4.79 Å². The first-order valence-corrected chi connectivity index (χ1v) is 8.99. The highest BCUT2D eigenvalue weighted by atomic mass is 32.2. The van der Waals surface area contributed by atoms with Crippen molar-refractivity contribution >= 4 is 34.3 Å². The monoisotopic (exact) mass is 341 g/mol. The minimum atomic E-state index is 0.0277. The second-order valence-electron chi connectivity index (χ2n) is 5.11. The van der Waals surface area contributed by atoms with E-state index in [1.165, 1.54) is 5.39 Å². The van der Waals surface area contributed by atoms with Gasteiger partial charge in [0.15, 0.2) is 0 Å². The topological polar surface area (TPSA) is 57.8 Å². The summed E-state index contributed by atoms with van der Waals surface area (Å²) in [6.45, 7) is 7.94. The summed E-state index contributed by atoms with van der Waals surface area (Å²) in [5.74, 6) is 0.0960. The number of hydrogen-bond donors (Lipinski definition) is 2. The van der Waals surface area contributed by atoms with Crippen LogP contribution in [0.5, 0.6) is 0 Å². The summed E-state index contributed by atoms with van der Waals surface area (Å²) in [7, 11) is 0. The second-order valence-corrected chi connectivity index (χ2v) is 6.49. The van der Waals surface area contributed by atoms with Crippen molar-refractivity contribution in [3.8, 4) is 0 Å². The molecule has 4 rings (SSSR count). The Morgan fingerprint density at radius 1 is 1.04 bits per heavy atom. The van der Waals surface area contributed by atoms with Gasteiger partial charge in [0.25, 0.3) is 0 Å². The molecule has 0 bridgehead atoms. The zero-order valence-electron chi connectivity index (χ0n) is 14.5. The lowest BCUT2D eigenvalue weighted by Gasteiger charge is -2.20. The molecular weight excluding hydrogens is 318 g/mol. The molecule has 1 amide bonds. The average Bonchev–Trinajstić information content (AvgIpc) is 3.00. The number of thioether (sulfide) groups is 1. The summed E-state index contributed by atoms with van der Waals surface area (Å²) in [5, 5.41) is 11.1. The van der Waals surface area contributed by atoms with Crippen LogP contribution >= 0.6 is 11.8 Å². The van der Waals surface area contributed by atoms with Crippen LogP contribution in [0.2, 0.25) is 0 Å². The molecule has 1 atom stereocenters. The van der Waals surface area contributed by atoms with Crippen LogP contribution in [0.4, 0.5) is 5.69 Å². The van der Waals surface area contributed by atoms with E-state index in [2.05, 4.69) is 21.6 Å². The molecule has 0 radical (unpaired) electrons. The lowest BCUT2D eigenvalue weighted by molar-refractivity contribution is -0.115. The first-order chi connectivity index (χ1) is 11.6. The molecule has 1 unspecified atom stereocenters. The fourth-order valence-electron chi connectivity index (χ4n) is 2.24. The van der Waals surface area contributed by atoms with Crippen LogP contribution in [0.15, 0.2) is 53.4 Å². The first-order valence-electron chi connectivity index (χ1n) is 8.11. The number of H-pyrrole nitrogens is 1. The van der Waals surface area contributed by atoms with Crippen molar-refractivity contribution in [2.24, 2.45) is 0 Å². The third-order valence-electron chi connectivity index (χ3n) is 3.47. The van der Waals surface area contributed by atoms with Crippen LogP contribution < -0.4 is 5.32 Å². The van der Waals surface area contributed by atoms with Crippen LogP contribution in [-0.4, -0.2) is 21.4 Å². The molecule has 1 aliphatic rings. The van der Waals surface area contributed by atoms with Crippen molar-refractivity contribution in [3.63, 3.8) is 0 Å². The number of aryl methyl sites for hydroxylation is 1. The van der Waals surface area contributed by atoms with E-state index >= 15 is 0 Å². The number of nitrogens with one attached hydrogen (secondary N) is 2. The van der Waals surface area contributed by atoms with Crippen molar-refractivity contribution < 1.29 is 4.79 Å². The molecule has 0 aliphatic carbocycles. The van der Waals surface area contributed by atoms with Gasteiger partial charge in [-0.3, -0.25) is 9.89 Å². The predicted octanol–water partition coefficient (Wildman–Crippen LogP) is 5.02. The third kappa shape index (κ3) is 4.17. The van der Waals surface area contributed by atoms with Gasteiger partial charge in [0.05, 0.1) is 16.5 Å². The van der Waals surface area contributed by atoms with Crippen molar-refractivity contribution in [3.05, 3.63) is 54.2 Å². The van der Waals surface area contributed by atoms with Gasteiger partial charge in [-0.15, -0.1) is 11.8 Å². The van der Waals surface area contributed by atoms with Crippen molar-refractivity contribution in [1.29, 1.82) is 0 Å². The van der Waals surface area contributed by atoms with Gasteiger partial charge >= 0.3 is 0 Å². The van der Waals surface area contributed by atoms with E-state index in [4.69, 9.17) is 0 Å². The number of amides is 1. The molecule has 1 aromatic heterocycles. The number of carbonyl (C=O) groups is 1. The maximum Gasteiger partial charge on any atom is 0.237 e. The van der Waals surface area contributed by atoms with Crippen LogP contribution in [0.3, 0.4) is 0 Å². The molecular formula is C19H23N3OS. The Kier molecular flexibility index (Phi) is 6.44. The number of aromatic nitrogens is 2. The Labute approximate surface area is 147 Å². The minimum Gasteiger partial charge on any atom is -0.324 e. The molecule has 0 fully saturated rings. The molecule has 5 heteroatoms. The summed E-state index contributed by atoms with van der Waals surface area (Å²) < 4.78 is 0. The Morgan fingerprint density at radius 2 is 1.71 bits per heavy atom. The molecule has 2 aromatic carbocycles. The van der Waals surface area contributed by atoms with Gasteiger partial charge in [0.1, 0.15) is 0 Å². The van der Waals surface area contributed by atoms with Gasteiger partial charge in [0.2, 0.25) is 5.91 Å². The SMILES string of the molecule is CC.CC1Sc2ccccc2NC1=O.Cc1[nH]nc2ccccc12. The van der Waals surface area contributed by atoms with E-state index < -0.39 is 0 Å². The number of aromatic amines is 1. The Bertz CT molecular complexity index is 813. The molecule has 0 saturated heterocycles. The molecule has 126 valence electrons. The van der Waals surface area contributed by atoms with Gasteiger partial charge in [-0.1, -0.05) is 44.2 Å². The zero-order chi connectivity index (χ0) is 17.5. The van der Waals surface area contributed by atoms with Crippen LogP contribution in [-0.2, 0) is 4.79 Å². The lowest BCUT2D eigenvalue weighted by Crippen LogP contribution is -2.26. The lowest BCUT2D eigenvalue weighted by atomic mass is 10.2. The number of rotatable bonds is 0. The fourth-order valence-corrected chi connectivity index (χ4v) is 3.19. The normalized spacial score (nSPS) is 15.3. The molecule has 2 N–H and O–H groups in total. The average molecular weight is 341 g/mol. The highest BCUT2D eigenvalue weighted by Gasteiger charge is 2.21. The number of hydrogen-bond acceptors (Lipinski definition) is 3. The van der Waals surface area contributed by atoms with Gasteiger partial charge in [0, 0.05) is 16.0 Å². The smallest absolute Gasteiger partial charge is 0.237 e. The van der Waals surface area contributed by atoms with Crippen LogP contribution in [0.25, 0.3) is 10.9 Å². The third-order valence-corrected chi connectivity index (χ3v) is 4.65. The summed E-state index contributed by atoms with van der Waals surface area (Å²) >= 11 is 1.61. The number of fused-ring (bicyclic) bond motifs is 2. The van der Waals surface area contributed by atoms with E-state index in [0.717, 1.165) is 21.8 Å². The standard InChI is InChI=1S/C9H9NOS.C8H8N2.C2H6/c1-6-9(11)10-7-4-2-3-5-8(7)12-6;1-6-7-4-2-3-5-8(7)10-9-6;1-2/h2-6H,1H3,(H,10,11);2-5H,1H3,(H,9,10);1-2H3. The predicted molar refractivity (Wildman–Crippen MR) is 103 cm³/mol. The molecule has 24 heavy (non-hydrogen) atoms. The Morgan fingerprint density at radius 3 is 2.46 bits per heavy atom. The zero-order valence-corrected chi connectivity index (χ0v) is 15.3. The minimum absolute atomic E-state index is 0.0277. The van der Waals surface area contributed by atoms with E-state index in [-0.39, 0.29) is 11.2 Å². The summed E-state index contributed by atoms with van der Waals surface area (Å²) in [5.41, 5.74) is 3.11. The van der Waals surface area contributed by atoms with Gasteiger partial charge in [-0.2, -0.15) is 5.10 Å². The summed E-state index contributed by atoms with van der Waals surface area (Å²) in [6, 6.07) is 15.9. The Balaban J connectivity index is 0.000000160. The van der Waals surface area contributed by atoms with Crippen LogP contribution in [0.1, 0.15) is 26.5 Å². The largest absolute Gasteiger partial charge is 0.324 e. The second kappa shape index (κ2) is 8.55. The van der Waals surface area contributed by atoms with Gasteiger partial charge in [-0.05, 0) is 32.0 Å². The summed E-state index contributed by atoms with van der Waals surface area (Å²) in [4.78, 5) is 12.4. The molecule has 1 aliphatic heterocycles. The van der Waals surface area contributed by atoms with Gasteiger partial charge < -0.3 is 5.32 Å². The quantitative estimate of drug-likeness (QED) is 0.604. The number of benzene rings is 2. The molecule has 2 heterocycles. The van der Waals surface area contributed by atoms with Crippen LogP contribution in [0, 0.1) is 6.92 Å². The van der Waals surface area contributed by atoms with E-state index in [1.54, 1.807) is 11.8 Å². The molecule has 0 spiro atoms. The Hall–Kier alpha value is -2.27. The summed E-state index contributed by atoms with van der Waals surface area (Å²) in [6.07, 6.45) is 0. The van der Waals surface area contributed by atoms with E-state index in [1.807, 2.05) is 70.2 Å². The van der Waals surface area contributed by atoms with E-state index in [0.29, 0.717) is 0 Å². The fraction of sp³-hybridized carbons (Fsp3) is 0.263. The number of anilines is 1. The van der Waals surface area contributed by atoms with Gasteiger partial charge in [-0.25, -0.2) is 0 Å².